The van der Waals surface area contributed by atoms with E-state index >= 15 is 0 Å². The van der Waals surface area contributed by atoms with Crippen molar-refractivity contribution in [2.24, 2.45) is 0 Å². The first-order valence-electron chi connectivity index (χ1n) is 38.7. The van der Waals surface area contributed by atoms with Crippen LogP contribution in [0.4, 0.5) is 68.2 Å². The molecule has 6 nitrogen and oxygen atoms in total. The Morgan fingerprint density at radius 2 is 0.307 bits per heavy atom. The molecule has 16 aromatic carbocycles. The number of para-hydroxylation sites is 8. The van der Waals surface area contributed by atoms with Gasteiger partial charge in [0.25, 0.3) is 0 Å². The van der Waals surface area contributed by atoms with Gasteiger partial charge in [0.05, 0.1) is 0 Å². The smallest absolute Gasteiger partial charge is 0.0492 e. The Balaban J connectivity index is 0.654. The third kappa shape index (κ3) is 15.4. The summed E-state index contributed by atoms with van der Waals surface area (Å²) in [5.41, 5.74) is 25.2. The SMILES string of the molecule is C(#Cc1ccc2c(c1)c1cc(C#Cc3ccc(N(c4ccccc4)c4ccccc4)cc3)ccc1n2CCCCn1c2ccc(C#Cc3ccc(N(c4ccccc4)c4ccccc4)cc3)cc2c2cc(C#Cc3ccc(N(c4ccccc4)c4ccccc4)cc3)ccc21)c1ccc(N(c2ccccc2)c2ccccc2)cc1. The lowest BCUT2D eigenvalue weighted by molar-refractivity contribution is 0.583. The molecule has 18 aromatic rings. The largest absolute Gasteiger partial charge is 0.340 e. The Bertz CT molecular complexity index is 5710. The highest BCUT2D eigenvalue weighted by atomic mass is 15.2. The third-order valence-corrected chi connectivity index (χ3v) is 20.8. The van der Waals surface area contributed by atoms with Crippen molar-refractivity contribution in [1.29, 1.82) is 0 Å². The number of hydrogen-bond acceptors (Lipinski definition) is 4. The fourth-order valence-electron chi connectivity index (χ4n) is 15.3. The van der Waals surface area contributed by atoms with Crippen LogP contribution in [0.3, 0.4) is 0 Å². The van der Waals surface area contributed by atoms with E-state index in [2.05, 4.69) is 489 Å². The fraction of sp³-hybridized carbons (Fsp3) is 0.0370. The maximum absolute atomic E-state index is 3.57. The van der Waals surface area contributed by atoms with Crippen LogP contribution in [0.25, 0.3) is 43.6 Å². The molecule has 0 unspecified atom stereocenters. The van der Waals surface area contributed by atoms with Crippen molar-refractivity contribution in [3.05, 3.63) is 457 Å². The van der Waals surface area contributed by atoms with E-state index in [-0.39, 0.29) is 0 Å². The van der Waals surface area contributed by atoms with Gasteiger partial charge in [0.2, 0.25) is 0 Å². The summed E-state index contributed by atoms with van der Waals surface area (Å²) in [4.78, 5) is 9.09. The minimum atomic E-state index is 0.812. The molecule has 18 rings (SSSR count). The van der Waals surface area contributed by atoms with Gasteiger partial charge in [0.1, 0.15) is 0 Å². The van der Waals surface area contributed by atoms with Gasteiger partial charge in [0.15, 0.2) is 0 Å². The Kier molecular flexibility index (Phi) is 20.2. The van der Waals surface area contributed by atoms with Crippen LogP contribution in [0.1, 0.15) is 57.3 Å². The van der Waals surface area contributed by atoms with Gasteiger partial charge in [-0.2, -0.15) is 0 Å². The minimum absolute atomic E-state index is 0.812. The molecule has 0 saturated heterocycles. The number of nitrogens with zero attached hydrogens (tertiary/aromatic N) is 6. The molecule has 2 aromatic heterocycles. The summed E-state index contributed by atoms with van der Waals surface area (Å²) in [6.45, 7) is 1.62. The van der Waals surface area contributed by atoms with Crippen LogP contribution in [-0.4, -0.2) is 9.13 Å². The van der Waals surface area contributed by atoms with Gasteiger partial charge in [-0.3, -0.25) is 0 Å². The molecule has 114 heavy (non-hydrogen) atoms. The zero-order valence-corrected chi connectivity index (χ0v) is 62.8. The number of fused-ring (bicyclic) bond motifs is 6. The van der Waals surface area contributed by atoms with Gasteiger partial charge in [-0.15, -0.1) is 0 Å². The molecule has 0 fully saturated rings. The summed E-state index contributed by atoms with van der Waals surface area (Å²) in [7, 11) is 0. The van der Waals surface area contributed by atoms with Gasteiger partial charge in [-0.1, -0.05) is 193 Å². The summed E-state index contributed by atoms with van der Waals surface area (Å²) in [6.07, 6.45) is 1.86. The van der Waals surface area contributed by atoms with Crippen molar-refractivity contribution in [1.82, 2.24) is 9.13 Å². The molecule has 0 radical (unpaired) electrons. The standard InChI is InChI=1S/C108H76N6/c1-9-27-89(28-10-1)111(90-29-11-2-12-30-90)97-63-51-81(52-64-97)43-47-85-59-71-105-101(77-85)102-78-86(48-44-82-53-65-98(66-54-82)112(91-31-13-3-14-32-91)92-33-15-4-16-34-92)60-72-106(102)109(105)75-25-26-76-110-107-73-61-87(49-45-83-55-67-99(68-56-83)113(93-35-17-5-18-36-93)94-37-19-6-20-38-94)79-103(107)104-80-88(62-74-108(104)110)50-46-84-57-69-100(70-58-84)114(95-39-21-7-22-40-95)96-41-23-8-24-42-96/h1-24,27-42,51-74,77-80H,25-26,75-76H2. The van der Waals surface area contributed by atoms with Crippen molar-refractivity contribution in [3.63, 3.8) is 0 Å². The van der Waals surface area contributed by atoms with Crippen molar-refractivity contribution in [2.45, 2.75) is 25.9 Å². The first-order chi connectivity index (χ1) is 56.5. The molecule has 0 saturated carbocycles. The van der Waals surface area contributed by atoms with Crippen LogP contribution in [0, 0.1) is 47.4 Å². The van der Waals surface area contributed by atoms with Crippen LogP contribution in [0.5, 0.6) is 0 Å². The molecular weight excluding hydrogens is 1380 g/mol. The lowest BCUT2D eigenvalue weighted by Crippen LogP contribution is -2.09. The number of anilines is 12. The molecule has 6 heteroatoms. The van der Waals surface area contributed by atoms with Crippen LogP contribution in [0.2, 0.25) is 0 Å². The quantitative estimate of drug-likeness (QED) is 0.0669. The van der Waals surface area contributed by atoms with Crippen LogP contribution >= 0.6 is 0 Å². The summed E-state index contributed by atoms with van der Waals surface area (Å²) in [5, 5.41) is 4.59. The maximum atomic E-state index is 3.57. The fourth-order valence-corrected chi connectivity index (χ4v) is 15.3. The van der Waals surface area contributed by atoms with E-state index in [0.29, 0.717) is 0 Å². The third-order valence-electron chi connectivity index (χ3n) is 20.8. The molecule has 0 bridgehead atoms. The second kappa shape index (κ2) is 32.8. The second-order valence-corrected chi connectivity index (χ2v) is 28.2. The Morgan fingerprint density at radius 1 is 0.158 bits per heavy atom. The molecule has 0 N–H and O–H groups in total. The van der Waals surface area contributed by atoms with E-state index < -0.39 is 0 Å². The monoisotopic (exact) mass is 1460 g/mol. The van der Waals surface area contributed by atoms with Crippen LogP contribution in [0.15, 0.2) is 413 Å². The number of hydrogen-bond donors (Lipinski definition) is 0. The molecule has 0 aliphatic heterocycles. The van der Waals surface area contributed by atoms with Gasteiger partial charge in [0, 0.05) is 169 Å². The van der Waals surface area contributed by atoms with E-state index in [0.717, 1.165) is 182 Å². The first kappa shape index (κ1) is 70.2. The Hall–Kier alpha value is -15.4. The number of aromatic nitrogens is 2. The average Bonchev–Trinajstić information content (AvgIpc) is 1.61. The van der Waals surface area contributed by atoms with Crippen molar-refractivity contribution in [2.75, 3.05) is 19.6 Å². The lowest BCUT2D eigenvalue weighted by atomic mass is 10.1. The van der Waals surface area contributed by atoms with E-state index in [9.17, 15) is 0 Å². The van der Waals surface area contributed by atoms with E-state index in [1.807, 2.05) is 0 Å². The predicted molar refractivity (Wildman–Crippen MR) is 477 cm³/mol. The zero-order valence-electron chi connectivity index (χ0n) is 62.8. The van der Waals surface area contributed by atoms with E-state index in [1.54, 1.807) is 0 Å². The number of rotatable bonds is 17. The summed E-state index contributed by atoms with van der Waals surface area (Å²) in [5.74, 6) is 28.4. The first-order valence-corrected chi connectivity index (χ1v) is 38.7. The summed E-state index contributed by atoms with van der Waals surface area (Å²) < 4.78 is 5.00. The predicted octanol–water partition coefficient (Wildman–Crippen LogP) is 26.9. The highest BCUT2D eigenvalue weighted by molar-refractivity contribution is 6.10. The van der Waals surface area contributed by atoms with Gasteiger partial charge in [-0.25, -0.2) is 0 Å². The summed E-state index contributed by atoms with van der Waals surface area (Å²) >= 11 is 0. The topological polar surface area (TPSA) is 22.8 Å². The highest BCUT2D eigenvalue weighted by Crippen LogP contribution is 2.40. The van der Waals surface area contributed by atoms with E-state index in [4.69, 9.17) is 0 Å². The highest BCUT2D eigenvalue weighted by Gasteiger charge is 2.19. The molecule has 0 aliphatic rings. The average molecular weight is 1460 g/mol. The summed E-state index contributed by atoms with van der Waals surface area (Å²) in [6, 6.07) is 145. The van der Waals surface area contributed by atoms with Gasteiger partial charge >= 0.3 is 0 Å². The Morgan fingerprint density at radius 3 is 0.482 bits per heavy atom. The zero-order chi connectivity index (χ0) is 76.2. The van der Waals surface area contributed by atoms with Crippen molar-refractivity contribution in [3.8, 4) is 47.4 Å². The number of aryl methyl sites for hydroxylation is 2. The molecule has 538 valence electrons. The van der Waals surface area contributed by atoms with Gasteiger partial charge < -0.3 is 28.7 Å². The van der Waals surface area contributed by atoms with Crippen LogP contribution in [-0.2, 0) is 13.1 Å². The lowest BCUT2D eigenvalue weighted by Gasteiger charge is -2.25. The second-order valence-electron chi connectivity index (χ2n) is 28.2. The van der Waals surface area contributed by atoms with Crippen molar-refractivity contribution < 1.29 is 0 Å². The molecule has 0 atom stereocenters. The molecule has 0 spiro atoms. The minimum Gasteiger partial charge on any atom is -0.340 e. The van der Waals surface area contributed by atoms with Gasteiger partial charge in [-0.05, 0) is 280 Å². The maximum Gasteiger partial charge on any atom is 0.0492 e. The molecule has 2 heterocycles. The van der Waals surface area contributed by atoms with Crippen molar-refractivity contribution >= 4 is 112 Å². The molecule has 0 amide bonds. The van der Waals surface area contributed by atoms with E-state index in [1.165, 1.54) is 0 Å². The normalized spacial score (nSPS) is 10.8. The molecule has 0 aliphatic carbocycles. The van der Waals surface area contributed by atoms with Crippen LogP contribution < -0.4 is 19.6 Å². The molecular formula is C108H76N6. The number of benzene rings is 16. The number of unbranched alkanes of at least 4 members (excludes halogenated alkanes) is 1. The Labute approximate surface area is 666 Å².